The zero-order valence-corrected chi connectivity index (χ0v) is 13.6. The highest BCUT2D eigenvalue weighted by Crippen LogP contribution is 2.38. The van der Waals surface area contributed by atoms with Crippen LogP contribution in [0, 0.1) is 0 Å². The second kappa shape index (κ2) is 5.20. The quantitative estimate of drug-likeness (QED) is 0.777. The van der Waals surface area contributed by atoms with Gasteiger partial charge in [0, 0.05) is 28.8 Å². The second-order valence-corrected chi connectivity index (χ2v) is 6.44. The molecule has 3 aromatic rings. The van der Waals surface area contributed by atoms with Crippen LogP contribution in [0.3, 0.4) is 0 Å². The van der Waals surface area contributed by atoms with Gasteiger partial charge in [0.25, 0.3) is 5.91 Å². The first-order valence-electron chi connectivity index (χ1n) is 8.38. The zero-order valence-electron chi connectivity index (χ0n) is 13.6. The molecule has 7 nitrogen and oxygen atoms in total. The summed E-state index contributed by atoms with van der Waals surface area (Å²) >= 11 is 0. The summed E-state index contributed by atoms with van der Waals surface area (Å²) in [7, 11) is 0. The van der Waals surface area contributed by atoms with Crippen molar-refractivity contribution in [2.75, 3.05) is 23.8 Å². The fourth-order valence-electron chi connectivity index (χ4n) is 3.40. The number of aromatic nitrogens is 3. The number of amides is 1. The maximum atomic E-state index is 13.0. The molecular formula is C18H17N5O2. The van der Waals surface area contributed by atoms with E-state index in [0.29, 0.717) is 19.2 Å². The summed E-state index contributed by atoms with van der Waals surface area (Å²) in [5.41, 5.74) is 8.15. The molecule has 1 fully saturated rings. The van der Waals surface area contributed by atoms with Crippen LogP contribution >= 0.6 is 0 Å². The number of nitrogens with two attached hydrogens (primary N) is 1. The Kier molecular flexibility index (Phi) is 2.97. The van der Waals surface area contributed by atoms with Gasteiger partial charge in [-0.05, 0) is 37.1 Å². The lowest BCUT2D eigenvalue weighted by Gasteiger charge is -2.20. The lowest BCUT2D eigenvalue weighted by atomic mass is 10.2. The molecule has 2 aromatic heterocycles. The Morgan fingerprint density at radius 1 is 1.20 bits per heavy atom. The molecule has 3 heterocycles. The minimum absolute atomic E-state index is 0.142. The van der Waals surface area contributed by atoms with E-state index in [-0.39, 0.29) is 23.2 Å². The van der Waals surface area contributed by atoms with Gasteiger partial charge in [-0.2, -0.15) is 0 Å². The average molecular weight is 335 g/mol. The van der Waals surface area contributed by atoms with Crippen molar-refractivity contribution in [3.8, 4) is 5.88 Å². The van der Waals surface area contributed by atoms with Gasteiger partial charge in [-0.25, -0.2) is 9.97 Å². The average Bonchev–Trinajstić information content (AvgIpc) is 3.39. The number of benzene rings is 1. The molecule has 0 spiro atoms. The van der Waals surface area contributed by atoms with Crippen LogP contribution in [0.2, 0.25) is 0 Å². The molecule has 25 heavy (non-hydrogen) atoms. The van der Waals surface area contributed by atoms with Gasteiger partial charge in [-0.3, -0.25) is 4.79 Å². The minimum Gasteiger partial charge on any atom is -0.475 e. The number of rotatable bonds is 2. The topological polar surface area (TPSA) is 86.3 Å². The molecule has 1 aromatic carbocycles. The first-order chi connectivity index (χ1) is 12.2. The number of nitrogen functional groups attached to an aromatic ring is 1. The molecule has 1 aliphatic heterocycles. The van der Waals surface area contributed by atoms with Crippen molar-refractivity contribution in [2.45, 2.75) is 18.9 Å². The number of nitrogens with zero attached hydrogens (tertiary/aromatic N) is 4. The summed E-state index contributed by atoms with van der Waals surface area (Å²) in [4.78, 5) is 22.6. The lowest BCUT2D eigenvalue weighted by molar-refractivity contribution is 0.0990. The third-order valence-electron chi connectivity index (χ3n) is 4.81. The first kappa shape index (κ1) is 14.3. The van der Waals surface area contributed by atoms with Gasteiger partial charge < -0.3 is 19.9 Å². The molecule has 2 aliphatic rings. The first-order valence-corrected chi connectivity index (χ1v) is 8.38. The van der Waals surface area contributed by atoms with E-state index in [1.165, 1.54) is 24.7 Å². The molecule has 0 saturated heterocycles. The van der Waals surface area contributed by atoms with Crippen molar-refractivity contribution < 1.29 is 9.53 Å². The van der Waals surface area contributed by atoms with Crippen molar-refractivity contribution in [1.29, 1.82) is 0 Å². The molecule has 7 heteroatoms. The second-order valence-electron chi connectivity index (χ2n) is 6.44. The number of hydrogen-bond acceptors (Lipinski definition) is 5. The fourth-order valence-corrected chi connectivity index (χ4v) is 3.40. The summed E-state index contributed by atoms with van der Waals surface area (Å²) in [5, 5.41) is 1.12. The molecular weight excluding hydrogens is 318 g/mol. The Labute approximate surface area is 144 Å². The van der Waals surface area contributed by atoms with Crippen LogP contribution in [0.25, 0.3) is 10.9 Å². The molecule has 2 N–H and O–H groups in total. The molecule has 1 aliphatic carbocycles. The van der Waals surface area contributed by atoms with Crippen molar-refractivity contribution >= 4 is 28.3 Å². The summed E-state index contributed by atoms with van der Waals surface area (Å²) in [6, 6.07) is 8.82. The molecule has 126 valence electrons. The number of carbonyl (C=O) groups is 1. The van der Waals surface area contributed by atoms with E-state index in [2.05, 4.69) is 32.9 Å². The predicted octanol–water partition coefficient (Wildman–Crippen LogP) is 2.39. The number of ether oxygens (including phenoxy) is 1. The van der Waals surface area contributed by atoms with Gasteiger partial charge in [-0.15, -0.1) is 0 Å². The van der Waals surface area contributed by atoms with E-state index in [0.717, 1.165) is 11.1 Å². The molecule has 0 radical (unpaired) electrons. The van der Waals surface area contributed by atoms with Crippen LogP contribution < -0.4 is 15.4 Å². The van der Waals surface area contributed by atoms with Crippen LogP contribution in [0.1, 0.15) is 29.2 Å². The molecule has 0 unspecified atom stereocenters. The standard InChI is InChI=1S/C18H17N5O2/c19-16-15-17(21-10-20-16)25-8-7-23(18(15)24)13-3-4-14-11(9-13)5-6-22(14)12-1-2-12/h3-6,9-10,12H,1-2,7-8H2,(H2,19,20,21). The smallest absolute Gasteiger partial charge is 0.267 e. The van der Waals surface area contributed by atoms with Crippen LogP contribution in [-0.2, 0) is 0 Å². The van der Waals surface area contributed by atoms with E-state index in [1.54, 1.807) is 4.90 Å². The van der Waals surface area contributed by atoms with Gasteiger partial charge in [0.2, 0.25) is 5.88 Å². The number of carbonyl (C=O) groups excluding carboxylic acids is 1. The fraction of sp³-hybridized carbons (Fsp3) is 0.278. The molecule has 5 rings (SSSR count). The Morgan fingerprint density at radius 3 is 2.92 bits per heavy atom. The maximum Gasteiger partial charge on any atom is 0.267 e. The van der Waals surface area contributed by atoms with Crippen molar-refractivity contribution in [1.82, 2.24) is 14.5 Å². The molecule has 1 amide bonds. The van der Waals surface area contributed by atoms with E-state index in [4.69, 9.17) is 10.5 Å². The lowest BCUT2D eigenvalue weighted by Crippen LogP contribution is -2.32. The highest BCUT2D eigenvalue weighted by Gasteiger charge is 2.29. The largest absolute Gasteiger partial charge is 0.475 e. The van der Waals surface area contributed by atoms with E-state index < -0.39 is 0 Å². The monoisotopic (exact) mass is 335 g/mol. The Hall–Kier alpha value is -3.09. The normalized spacial score (nSPS) is 17.3. The van der Waals surface area contributed by atoms with E-state index in [9.17, 15) is 4.79 Å². The molecule has 0 bridgehead atoms. The maximum absolute atomic E-state index is 13.0. The zero-order chi connectivity index (χ0) is 17.0. The summed E-state index contributed by atoms with van der Waals surface area (Å²) < 4.78 is 7.90. The highest BCUT2D eigenvalue weighted by atomic mass is 16.5. The van der Waals surface area contributed by atoms with Crippen molar-refractivity contribution in [2.24, 2.45) is 0 Å². The van der Waals surface area contributed by atoms with Crippen LogP contribution in [-0.4, -0.2) is 33.6 Å². The highest BCUT2D eigenvalue weighted by molar-refractivity contribution is 6.11. The predicted molar refractivity (Wildman–Crippen MR) is 93.8 cm³/mol. The van der Waals surface area contributed by atoms with E-state index >= 15 is 0 Å². The number of fused-ring (bicyclic) bond motifs is 2. The molecule has 0 atom stereocenters. The SMILES string of the molecule is Nc1ncnc2c1C(=O)N(c1ccc3c(ccn3C3CC3)c1)CCO2. The Bertz CT molecular complexity index is 992. The van der Waals surface area contributed by atoms with Gasteiger partial charge in [0.1, 0.15) is 24.3 Å². The van der Waals surface area contributed by atoms with Gasteiger partial charge in [-0.1, -0.05) is 0 Å². The van der Waals surface area contributed by atoms with Gasteiger partial charge in [0.15, 0.2) is 0 Å². The van der Waals surface area contributed by atoms with Crippen molar-refractivity contribution in [3.63, 3.8) is 0 Å². The molecule has 1 saturated carbocycles. The van der Waals surface area contributed by atoms with Crippen LogP contribution in [0.5, 0.6) is 5.88 Å². The van der Waals surface area contributed by atoms with Crippen LogP contribution in [0.15, 0.2) is 36.8 Å². The minimum atomic E-state index is -0.230. The number of anilines is 2. The summed E-state index contributed by atoms with van der Waals surface area (Å²) in [6.07, 6.45) is 5.91. The Morgan fingerprint density at radius 2 is 2.08 bits per heavy atom. The van der Waals surface area contributed by atoms with Gasteiger partial charge >= 0.3 is 0 Å². The number of hydrogen-bond donors (Lipinski definition) is 1. The third-order valence-corrected chi connectivity index (χ3v) is 4.81. The van der Waals surface area contributed by atoms with Gasteiger partial charge in [0.05, 0.1) is 6.54 Å². The third kappa shape index (κ3) is 2.23. The Balaban J connectivity index is 1.57. The van der Waals surface area contributed by atoms with Crippen LogP contribution in [0.4, 0.5) is 11.5 Å². The van der Waals surface area contributed by atoms with E-state index in [1.807, 2.05) is 12.1 Å². The summed E-state index contributed by atoms with van der Waals surface area (Å²) in [6.45, 7) is 0.791. The summed E-state index contributed by atoms with van der Waals surface area (Å²) in [5.74, 6) is 0.162. The van der Waals surface area contributed by atoms with Crippen molar-refractivity contribution in [3.05, 3.63) is 42.4 Å².